The summed E-state index contributed by atoms with van der Waals surface area (Å²) in [4.78, 5) is 10.4. The minimum atomic E-state index is 0. The molecule has 0 saturated heterocycles. The zero-order chi connectivity index (χ0) is 16.8. The van der Waals surface area contributed by atoms with Crippen LogP contribution in [0.5, 0.6) is 5.75 Å². The number of para-hydroxylation sites is 1. The summed E-state index contributed by atoms with van der Waals surface area (Å²) in [5.74, 6) is 1.79. The van der Waals surface area contributed by atoms with E-state index in [0.29, 0.717) is 6.54 Å². The molecule has 136 valence electrons. The third kappa shape index (κ3) is 5.31. The highest BCUT2D eigenvalue weighted by Gasteiger charge is 2.21. The minimum absolute atomic E-state index is 0. The lowest BCUT2D eigenvalue weighted by molar-refractivity contribution is 0.261. The Kier molecular flexibility index (Phi) is 7.95. The Hall–Kier alpha value is -1.35. The second-order valence-electron chi connectivity index (χ2n) is 5.64. The van der Waals surface area contributed by atoms with Crippen LogP contribution in [0.3, 0.4) is 0 Å². The van der Waals surface area contributed by atoms with Gasteiger partial charge in [-0.3, -0.25) is 0 Å². The number of thiazole rings is 1. The number of halogens is 1. The smallest absolute Gasteiger partial charge is 0.192 e. The number of nitrogens with zero attached hydrogens (tertiary/aromatic N) is 2. The van der Waals surface area contributed by atoms with Crippen molar-refractivity contribution in [3.05, 3.63) is 45.9 Å². The first-order valence-corrected chi connectivity index (χ1v) is 9.32. The fourth-order valence-electron chi connectivity index (χ4n) is 2.71. The molecule has 2 heterocycles. The summed E-state index contributed by atoms with van der Waals surface area (Å²) in [5.41, 5.74) is 1.19. The van der Waals surface area contributed by atoms with E-state index in [9.17, 15) is 0 Å². The standard InChI is InChI=1S/C18H24N4OS.HI/c1-3-13-11-20-17(24-13)12-21-18(19-4-2)22-15-9-10-23-16-8-6-5-7-14(15)16;/h5-8,11,15H,3-4,9-10,12H2,1-2H3,(H2,19,21,22);1H. The van der Waals surface area contributed by atoms with Crippen molar-refractivity contribution in [3.8, 4) is 5.75 Å². The van der Waals surface area contributed by atoms with Gasteiger partial charge in [-0.2, -0.15) is 0 Å². The molecule has 1 aliphatic rings. The van der Waals surface area contributed by atoms with Crippen molar-refractivity contribution in [3.63, 3.8) is 0 Å². The number of hydrogen-bond acceptors (Lipinski definition) is 4. The third-order valence-corrected chi connectivity index (χ3v) is 5.06. The highest BCUT2D eigenvalue weighted by atomic mass is 127. The first kappa shape index (κ1) is 20.0. The molecule has 1 aromatic heterocycles. The van der Waals surface area contributed by atoms with Crippen LogP contribution in [-0.2, 0) is 13.0 Å². The Balaban J connectivity index is 0.00000225. The number of aliphatic imine (C=N–C) groups is 1. The molecule has 0 radical (unpaired) electrons. The van der Waals surface area contributed by atoms with E-state index < -0.39 is 0 Å². The van der Waals surface area contributed by atoms with E-state index in [1.165, 1.54) is 10.4 Å². The predicted octanol–water partition coefficient (Wildman–Crippen LogP) is 3.90. The summed E-state index contributed by atoms with van der Waals surface area (Å²) >= 11 is 1.73. The van der Waals surface area contributed by atoms with Gasteiger partial charge in [-0.15, -0.1) is 35.3 Å². The number of hydrogen-bond donors (Lipinski definition) is 2. The lowest BCUT2D eigenvalue weighted by Crippen LogP contribution is -2.41. The lowest BCUT2D eigenvalue weighted by atomic mass is 10.0. The normalized spacial score (nSPS) is 16.4. The Morgan fingerprint density at radius 1 is 1.36 bits per heavy atom. The molecular formula is C18H25IN4OS. The average Bonchev–Trinajstić information content (AvgIpc) is 3.08. The van der Waals surface area contributed by atoms with Gasteiger partial charge in [0.05, 0.1) is 19.2 Å². The van der Waals surface area contributed by atoms with Crippen molar-refractivity contribution in [2.45, 2.75) is 39.3 Å². The zero-order valence-electron chi connectivity index (χ0n) is 14.6. The van der Waals surface area contributed by atoms with Crippen LogP contribution < -0.4 is 15.4 Å². The van der Waals surface area contributed by atoms with Gasteiger partial charge in [-0.25, -0.2) is 9.98 Å². The first-order chi connectivity index (χ1) is 11.8. The van der Waals surface area contributed by atoms with Gasteiger partial charge in [0.25, 0.3) is 0 Å². The summed E-state index contributed by atoms with van der Waals surface area (Å²) in [6.07, 6.45) is 3.90. The quantitative estimate of drug-likeness (QED) is 0.394. The van der Waals surface area contributed by atoms with E-state index in [-0.39, 0.29) is 30.0 Å². The van der Waals surface area contributed by atoms with Gasteiger partial charge in [0.1, 0.15) is 10.8 Å². The average molecular weight is 472 g/mol. The zero-order valence-corrected chi connectivity index (χ0v) is 17.8. The Labute approximate surface area is 170 Å². The molecule has 1 aromatic carbocycles. The second-order valence-corrected chi connectivity index (χ2v) is 6.84. The maximum Gasteiger partial charge on any atom is 0.192 e. The van der Waals surface area contributed by atoms with Crippen LogP contribution in [0.2, 0.25) is 0 Å². The number of rotatable bonds is 5. The third-order valence-electron chi connectivity index (χ3n) is 3.94. The van der Waals surface area contributed by atoms with Crippen molar-refractivity contribution >= 4 is 41.3 Å². The minimum Gasteiger partial charge on any atom is -0.493 e. The van der Waals surface area contributed by atoms with Gasteiger partial charge in [-0.1, -0.05) is 25.1 Å². The van der Waals surface area contributed by atoms with E-state index in [1.807, 2.05) is 24.4 Å². The number of aryl methyl sites for hydroxylation is 1. The number of guanidine groups is 1. The Bertz CT molecular complexity index is 704. The number of fused-ring (bicyclic) bond motifs is 1. The molecule has 0 fully saturated rings. The molecule has 1 unspecified atom stereocenters. The lowest BCUT2D eigenvalue weighted by Gasteiger charge is -2.28. The molecule has 1 aliphatic heterocycles. The SMILES string of the molecule is CCNC(=NCc1ncc(CC)s1)NC1CCOc2ccccc21.I. The molecule has 25 heavy (non-hydrogen) atoms. The van der Waals surface area contributed by atoms with E-state index in [4.69, 9.17) is 9.73 Å². The molecular weight excluding hydrogens is 447 g/mol. The van der Waals surface area contributed by atoms with Crippen molar-refractivity contribution in [1.29, 1.82) is 0 Å². The molecule has 2 N–H and O–H groups in total. The summed E-state index contributed by atoms with van der Waals surface area (Å²) in [6, 6.07) is 8.41. The maximum atomic E-state index is 5.73. The van der Waals surface area contributed by atoms with Crippen LogP contribution in [0, 0.1) is 0 Å². The van der Waals surface area contributed by atoms with Crippen LogP contribution in [0.1, 0.15) is 41.8 Å². The highest BCUT2D eigenvalue weighted by Crippen LogP contribution is 2.31. The molecule has 2 aromatic rings. The number of ether oxygens (including phenoxy) is 1. The molecule has 0 amide bonds. The summed E-state index contributed by atoms with van der Waals surface area (Å²) in [5, 5.41) is 7.92. The molecule has 0 aliphatic carbocycles. The van der Waals surface area contributed by atoms with Crippen molar-refractivity contribution in [2.75, 3.05) is 13.2 Å². The monoisotopic (exact) mass is 472 g/mol. The predicted molar refractivity (Wildman–Crippen MR) is 114 cm³/mol. The Morgan fingerprint density at radius 2 is 2.20 bits per heavy atom. The number of benzene rings is 1. The number of aromatic nitrogens is 1. The molecule has 0 spiro atoms. The highest BCUT2D eigenvalue weighted by molar-refractivity contribution is 14.0. The fourth-order valence-corrected chi connectivity index (χ4v) is 3.50. The van der Waals surface area contributed by atoms with Crippen LogP contribution in [0.4, 0.5) is 0 Å². The molecule has 1 atom stereocenters. The van der Waals surface area contributed by atoms with Gasteiger partial charge in [0.15, 0.2) is 5.96 Å². The van der Waals surface area contributed by atoms with Crippen molar-refractivity contribution in [1.82, 2.24) is 15.6 Å². The molecule has 5 nitrogen and oxygen atoms in total. The topological polar surface area (TPSA) is 58.5 Å². The summed E-state index contributed by atoms with van der Waals surface area (Å²) in [6.45, 7) is 6.38. The van der Waals surface area contributed by atoms with Crippen molar-refractivity contribution in [2.24, 2.45) is 4.99 Å². The van der Waals surface area contributed by atoms with Crippen LogP contribution >= 0.6 is 35.3 Å². The largest absolute Gasteiger partial charge is 0.493 e. The summed E-state index contributed by atoms with van der Waals surface area (Å²) < 4.78 is 5.73. The van der Waals surface area contributed by atoms with Gasteiger partial charge < -0.3 is 15.4 Å². The van der Waals surface area contributed by atoms with Crippen LogP contribution in [-0.4, -0.2) is 24.1 Å². The molecule has 3 rings (SSSR count). The number of nitrogens with one attached hydrogen (secondary N) is 2. The van der Waals surface area contributed by atoms with Gasteiger partial charge >= 0.3 is 0 Å². The summed E-state index contributed by atoms with van der Waals surface area (Å²) in [7, 11) is 0. The van der Waals surface area contributed by atoms with Gasteiger partial charge in [0.2, 0.25) is 0 Å². The molecule has 0 saturated carbocycles. The van der Waals surface area contributed by atoms with Gasteiger partial charge in [-0.05, 0) is 19.4 Å². The van der Waals surface area contributed by atoms with Crippen LogP contribution in [0.15, 0.2) is 35.5 Å². The van der Waals surface area contributed by atoms with E-state index in [2.05, 4.69) is 35.5 Å². The second kappa shape index (κ2) is 9.96. The van der Waals surface area contributed by atoms with Crippen molar-refractivity contribution < 1.29 is 4.74 Å². The maximum absolute atomic E-state index is 5.73. The van der Waals surface area contributed by atoms with Crippen LogP contribution in [0.25, 0.3) is 0 Å². The van der Waals surface area contributed by atoms with E-state index in [0.717, 1.165) is 42.7 Å². The Morgan fingerprint density at radius 3 is 2.96 bits per heavy atom. The van der Waals surface area contributed by atoms with E-state index in [1.54, 1.807) is 11.3 Å². The first-order valence-electron chi connectivity index (χ1n) is 8.50. The molecule has 7 heteroatoms. The van der Waals surface area contributed by atoms with E-state index >= 15 is 0 Å². The molecule has 0 bridgehead atoms. The fraction of sp³-hybridized carbons (Fsp3) is 0.444. The van der Waals surface area contributed by atoms with Gasteiger partial charge in [0, 0.05) is 29.6 Å².